The zero-order valence-electron chi connectivity index (χ0n) is 9.04. The molecule has 1 aromatic heterocycles. The minimum atomic E-state index is 0.746. The molecule has 0 atom stereocenters. The number of benzene rings is 1. The van der Waals surface area contributed by atoms with Gasteiger partial charge in [-0.2, -0.15) is 16.9 Å². The van der Waals surface area contributed by atoms with Gasteiger partial charge in [-0.05, 0) is 23.8 Å². The SMILES string of the molecule is NCCSCc1ccc(-n2cccn2)cc1. The summed E-state index contributed by atoms with van der Waals surface area (Å²) in [6.45, 7) is 0.746. The van der Waals surface area contributed by atoms with Crippen LogP contribution in [0.15, 0.2) is 42.7 Å². The van der Waals surface area contributed by atoms with Crippen LogP contribution in [0.3, 0.4) is 0 Å². The second kappa shape index (κ2) is 5.72. The summed E-state index contributed by atoms with van der Waals surface area (Å²) >= 11 is 1.86. The van der Waals surface area contributed by atoms with Crippen LogP contribution in [0.25, 0.3) is 5.69 Å². The van der Waals surface area contributed by atoms with E-state index in [1.165, 1.54) is 5.56 Å². The van der Waals surface area contributed by atoms with Crippen molar-refractivity contribution in [1.29, 1.82) is 0 Å². The van der Waals surface area contributed by atoms with Gasteiger partial charge in [0.1, 0.15) is 0 Å². The molecule has 84 valence electrons. The van der Waals surface area contributed by atoms with E-state index in [0.29, 0.717) is 0 Å². The Labute approximate surface area is 99.7 Å². The van der Waals surface area contributed by atoms with E-state index in [2.05, 4.69) is 29.4 Å². The van der Waals surface area contributed by atoms with Gasteiger partial charge in [-0.1, -0.05) is 12.1 Å². The second-order valence-corrected chi connectivity index (χ2v) is 4.56. The quantitative estimate of drug-likeness (QED) is 0.804. The Morgan fingerprint density at radius 3 is 2.69 bits per heavy atom. The number of hydrogen-bond acceptors (Lipinski definition) is 3. The number of nitrogens with zero attached hydrogens (tertiary/aromatic N) is 2. The fourth-order valence-corrected chi connectivity index (χ4v) is 2.18. The first-order valence-corrected chi connectivity index (χ1v) is 6.42. The third-order valence-corrected chi connectivity index (χ3v) is 3.30. The van der Waals surface area contributed by atoms with E-state index in [-0.39, 0.29) is 0 Å². The summed E-state index contributed by atoms with van der Waals surface area (Å²) in [4.78, 5) is 0. The standard InChI is InChI=1S/C12H15N3S/c13-6-9-16-10-11-2-4-12(5-3-11)15-8-1-7-14-15/h1-5,7-8H,6,9-10,13H2. The molecule has 0 fully saturated rings. The summed E-state index contributed by atoms with van der Waals surface area (Å²) in [5, 5.41) is 4.19. The molecule has 2 rings (SSSR count). The van der Waals surface area contributed by atoms with E-state index in [4.69, 9.17) is 5.73 Å². The van der Waals surface area contributed by atoms with Gasteiger partial charge in [-0.3, -0.25) is 0 Å². The molecule has 4 heteroatoms. The van der Waals surface area contributed by atoms with E-state index in [0.717, 1.165) is 23.7 Å². The van der Waals surface area contributed by atoms with E-state index >= 15 is 0 Å². The molecule has 0 unspecified atom stereocenters. The fourth-order valence-electron chi connectivity index (χ4n) is 1.44. The topological polar surface area (TPSA) is 43.8 Å². The zero-order chi connectivity index (χ0) is 11.2. The Morgan fingerprint density at radius 1 is 1.25 bits per heavy atom. The lowest BCUT2D eigenvalue weighted by atomic mass is 10.2. The first-order valence-electron chi connectivity index (χ1n) is 5.27. The molecule has 0 bridgehead atoms. The molecule has 3 nitrogen and oxygen atoms in total. The van der Waals surface area contributed by atoms with Crippen LogP contribution < -0.4 is 5.73 Å². The molecule has 0 aliphatic rings. The molecule has 0 radical (unpaired) electrons. The second-order valence-electron chi connectivity index (χ2n) is 3.46. The van der Waals surface area contributed by atoms with Gasteiger partial charge in [0.25, 0.3) is 0 Å². The highest BCUT2D eigenvalue weighted by atomic mass is 32.2. The summed E-state index contributed by atoms with van der Waals surface area (Å²) in [5.74, 6) is 2.04. The van der Waals surface area contributed by atoms with Crippen LogP contribution in [0.1, 0.15) is 5.56 Å². The van der Waals surface area contributed by atoms with Gasteiger partial charge >= 0.3 is 0 Å². The minimum absolute atomic E-state index is 0.746. The molecule has 2 aromatic rings. The van der Waals surface area contributed by atoms with Gasteiger partial charge in [-0.15, -0.1) is 0 Å². The van der Waals surface area contributed by atoms with Crippen LogP contribution in [-0.4, -0.2) is 22.1 Å². The van der Waals surface area contributed by atoms with E-state index in [1.54, 1.807) is 6.20 Å². The maximum absolute atomic E-state index is 5.45. The lowest BCUT2D eigenvalue weighted by Crippen LogP contribution is -2.01. The highest BCUT2D eigenvalue weighted by Crippen LogP contribution is 2.14. The summed E-state index contributed by atoms with van der Waals surface area (Å²) < 4.78 is 1.86. The molecule has 16 heavy (non-hydrogen) atoms. The third-order valence-electron chi connectivity index (χ3n) is 2.24. The minimum Gasteiger partial charge on any atom is -0.330 e. The lowest BCUT2D eigenvalue weighted by molar-refractivity contribution is 0.880. The number of hydrogen-bond donors (Lipinski definition) is 1. The maximum atomic E-state index is 5.45. The molecule has 1 aromatic carbocycles. The van der Waals surface area contributed by atoms with Crippen molar-refractivity contribution in [3.63, 3.8) is 0 Å². The summed E-state index contributed by atoms with van der Waals surface area (Å²) in [5.41, 5.74) is 7.87. The lowest BCUT2D eigenvalue weighted by Gasteiger charge is -2.04. The highest BCUT2D eigenvalue weighted by molar-refractivity contribution is 7.98. The van der Waals surface area contributed by atoms with Crippen molar-refractivity contribution in [2.75, 3.05) is 12.3 Å². The van der Waals surface area contributed by atoms with Crippen molar-refractivity contribution >= 4 is 11.8 Å². The molecule has 0 aliphatic carbocycles. The molecular weight excluding hydrogens is 218 g/mol. The third kappa shape index (κ3) is 2.87. The van der Waals surface area contributed by atoms with Crippen LogP contribution in [0.2, 0.25) is 0 Å². The van der Waals surface area contributed by atoms with Crippen molar-refractivity contribution in [3.05, 3.63) is 48.3 Å². The number of rotatable bonds is 5. The number of aromatic nitrogens is 2. The van der Waals surface area contributed by atoms with Crippen molar-refractivity contribution in [1.82, 2.24) is 9.78 Å². The van der Waals surface area contributed by atoms with Crippen LogP contribution in [-0.2, 0) is 5.75 Å². The van der Waals surface area contributed by atoms with Gasteiger partial charge < -0.3 is 5.73 Å². The van der Waals surface area contributed by atoms with Gasteiger partial charge in [-0.25, -0.2) is 4.68 Å². The maximum Gasteiger partial charge on any atom is 0.0645 e. The molecule has 0 amide bonds. The van der Waals surface area contributed by atoms with Crippen LogP contribution in [0, 0.1) is 0 Å². The molecule has 0 saturated heterocycles. The van der Waals surface area contributed by atoms with E-state index in [1.807, 2.05) is 28.7 Å². The predicted octanol–water partition coefficient (Wildman–Crippen LogP) is 2.06. The van der Waals surface area contributed by atoms with Crippen molar-refractivity contribution in [2.45, 2.75) is 5.75 Å². The molecule has 0 aliphatic heterocycles. The summed E-state index contributed by atoms with van der Waals surface area (Å²) in [6.07, 6.45) is 3.73. The number of thioether (sulfide) groups is 1. The Bertz CT molecular complexity index is 408. The molecule has 0 spiro atoms. The average molecular weight is 233 g/mol. The van der Waals surface area contributed by atoms with Crippen molar-refractivity contribution in [3.8, 4) is 5.69 Å². The molecule has 2 N–H and O–H groups in total. The van der Waals surface area contributed by atoms with Crippen LogP contribution in [0.5, 0.6) is 0 Å². The first-order chi connectivity index (χ1) is 7.90. The van der Waals surface area contributed by atoms with Gasteiger partial charge in [0.05, 0.1) is 5.69 Å². The van der Waals surface area contributed by atoms with Crippen LogP contribution >= 0.6 is 11.8 Å². The predicted molar refractivity (Wildman–Crippen MR) is 68.8 cm³/mol. The number of nitrogens with two attached hydrogens (primary N) is 1. The van der Waals surface area contributed by atoms with Crippen LogP contribution in [0.4, 0.5) is 0 Å². The Kier molecular flexibility index (Phi) is 4.02. The first kappa shape index (κ1) is 11.2. The van der Waals surface area contributed by atoms with Crippen molar-refractivity contribution < 1.29 is 0 Å². The van der Waals surface area contributed by atoms with Gasteiger partial charge in [0, 0.05) is 30.4 Å². The smallest absolute Gasteiger partial charge is 0.0645 e. The van der Waals surface area contributed by atoms with Gasteiger partial charge in [0.2, 0.25) is 0 Å². The zero-order valence-corrected chi connectivity index (χ0v) is 9.86. The van der Waals surface area contributed by atoms with Crippen molar-refractivity contribution in [2.24, 2.45) is 5.73 Å². The molecule has 1 heterocycles. The Morgan fingerprint density at radius 2 is 2.06 bits per heavy atom. The van der Waals surface area contributed by atoms with E-state index < -0.39 is 0 Å². The Hall–Kier alpha value is -1.26. The summed E-state index contributed by atoms with van der Waals surface area (Å²) in [7, 11) is 0. The fraction of sp³-hybridized carbons (Fsp3) is 0.250. The molecule has 0 saturated carbocycles. The normalized spacial score (nSPS) is 10.6. The van der Waals surface area contributed by atoms with Gasteiger partial charge in [0.15, 0.2) is 0 Å². The highest BCUT2D eigenvalue weighted by Gasteiger charge is 1.97. The van der Waals surface area contributed by atoms with E-state index in [9.17, 15) is 0 Å². The largest absolute Gasteiger partial charge is 0.330 e. The molecular formula is C12H15N3S. The monoisotopic (exact) mass is 233 g/mol. The Balaban J connectivity index is 2.00. The average Bonchev–Trinajstić information content (AvgIpc) is 2.84. The summed E-state index contributed by atoms with van der Waals surface area (Å²) in [6, 6.07) is 10.4.